The number of ether oxygens (including phenoxy) is 2. The van der Waals surface area contributed by atoms with Gasteiger partial charge in [0.25, 0.3) is 11.6 Å². The Morgan fingerprint density at radius 2 is 1.90 bits per heavy atom. The smallest absolute Gasteiger partial charge is 0.259 e. The third kappa shape index (κ3) is 4.04. The summed E-state index contributed by atoms with van der Waals surface area (Å²) in [4.78, 5) is 19.8. The van der Waals surface area contributed by atoms with Crippen LogP contribution in [-0.4, -0.2) is 41.7 Å². The first-order valence-corrected chi connectivity index (χ1v) is 9.66. The van der Waals surface area contributed by atoms with E-state index in [9.17, 15) is 4.79 Å². The molecule has 7 heteroatoms. The highest BCUT2D eigenvalue weighted by Crippen LogP contribution is 2.29. The van der Waals surface area contributed by atoms with Crippen LogP contribution in [0.4, 0.5) is 0 Å². The summed E-state index contributed by atoms with van der Waals surface area (Å²) in [5.74, 6) is 1.38. The van der Waals surface area contributed by atoms with Crippen LogP contribution in [0.15, 0.2) is 28.8 Å². The predicted molar refractivity (Wildman–Crippen MR) is 111 cm³/mol. The maximum absolute atomic E-state index is 13.5. The second-order valence-corrected chi connectivity index (χ2v) is 7.21. The molecule has 0 unspecified atom stereocenters. The first-order chi connectivity index (χ1) is 13.9. The van der Waals surface area contributed by atoms with Crippen molar-refractivity contribution < 1.29 is 18.8 Å². The lowest BCUT2D eigenvalue weighted by Gasteiger charge is -2.22. The number of nitrogens with zero attached hydrogens (tertiary/aromatic N) is 3. The Morgan fingerprint density at radius 3 is 2.52 bits per heavy atom. The quantitative estimate of drug-likeness (QED) is 0.590. The molecule has 0 saturated carbocycles. The van der Waals surface area contributed by atoms with Gasteiger partial charge in [-0.25, -0.2) is 4.98 Å². The Kier molecular flexibility index (Phi) is 6.06. The van der Waals surface area contributed by atoms with Crippen LogP contribution in [0.2, 0.25) is 0 Å². The fourth-order valence-electron chi connectivity index (χ4n) is 3.28. The molecule has 2 heterocycles. The number of hydrogen-bond acceptors (Lipinski definition) is 6. The molecule has 0 N–H and O–H groups in total. The molecule has 7 nitrogen and oxygen atoms in total. The van der Waals surface area contributed by atoms with E-state index in [4.69, 9.17) is 14.0 Å². The van der Waals surface area contributed by atoms with Gasteiger partial charge in [0, 0.05) is 18.8 Å². The molecule has 0 aliphatic carbocycles. The number of aryl methyl sites for hydroxylation is 1. The molecule has 0 radical (unpaired) electrons. The summed E-state index contributed by atoms with van der Waals surface area (Å²) in [5.41, 5.74) is 3.39. The third-order valence-electron chi connectivity index (χ3n) is 4.95. The van der Waals surface area contributed by atoms with Gasteiger partial charge in [-0.15, -0.1) is 0 Å². The van der Waals surface area contributed by atoms with E-state index < -0.39 is 0 Å². The van der Waals surface area contributed by atoms with Crippen molar-refractivity contribution in [3.05, 3.63) is 46.8 Å². The monoisotopic (exact) mass is 397 g/mol. The number of aromatic nitrogens is 2. The van der Waals surface area contributed by atoms with Gasteiger partial charge in [-0.2, -0.15) is 0 Å². The van der Waals surface area contributed by atoms with Crippen molar-refractivity contribution in [3.63, 3.8) is 0 Å². The van der Waals surface area contributed by atoms with Gasteiger partial charge in [-0.1, -0.05) is 25.1 Å². The van der Waals surface area contributed by atoms with E-state index in [-0.39, 0.29) is 11.8 Å². The van der Waals surface area contributed by atoms with Crippen LogP contribution in [0.5, 0.6) is 11.5 Å². The van der Waals surface area contributed by atoms with Gasteiger partial charge in [-0.3, -0.25) is 4.79 Å². The first kappa shape index (κ1) is 20.6. The van der Waals surface area contributed by atoms with Crippen molar-refractivity contribution in [2.24, 2.45) is 0 Å². The summed E-state index contributed by atoms with van der Waals surface area (Å²) < 4.78 is 16.0. The van der Waals surface area contributed by atoms with E-state index in [1.54, 1.807) is 19.1 Å². The largest absolute Gasteiger partial charge is 0.493 e. The number of pyridine rings is 1. The maximum Gasteiger partial charge on any atom is 0.259 e. The number of benzene rings is 1. The van der Waals surface area contributed by atoms with E-state index in [2.05, 4.69) is 10.1 Å². The van der Waals surface area contributed by atoms with Gasteiger partial charge in [0.1, 0.15) is 0 Å². The molecule has 3 rings (SSSR count). The molecule has 0 saturated heterocycles. The molecule has 29 heavy (non-hydrogen) atoms. The summed E-state index contributed by atoms with van der Waals surface area (Å²) in [5, 5.41) is 4.68. The first-order valence-electron chi connectivity index (χ1n) is 9.66. The second kappa shape index (κ2) is 8.51. The Balaban J connectivity index is 1.99. The lowest BCUT2D eigenvalue weighted by atomic mass is 10.0. The number of carbonyl (C=O) groups is 1. The van der Waals surface area contributed by atoms with Gasteiger partial charge in [0.05, 0.1) is 30.9 Å². The standard InChI is InChI=1S/C22H27N3O4/c1-7-25(12-15-8-9-18(27-5)19(10-15)28-6)22(26)16-11-17(13(2)3)23-21-20(16)14(4)24-29-21/h8-11,13H,7,12H2,1-6H3. The molecule has 0 atom stereocenters. The van der Waals surface area contributed by atoms with E-state index in [0.29, 0.717) is 46.9 Å². The molecular weight excluding hydrogens is 370 g/mol. The topological polar surface area (TPSA) is 77.7 Å². The van der Waals surface area contributed by atoms with Gasteiger partial charge < -0.3 is 18.9 Å². The highest BCUT2D eigenvalue weighted by molar-refractivity contribution is 6.06. The fraction of sp³-hybridized carbons (Fsp3) is 0.409. The van der Waals surface area contributed by atoms with Crippen LogP contribution in [0.1, 0.15) is 54.0 Å². The van der Waals surface area contributed by atoms with E-state index in [1.165, 1.54) is 0 Å². The number of hydrogen-bond donors (Lipinski definition) is 0. The summed E-state index contributed by atoms with van der Waals surface area (Å²) in [6.45, 7) is 8.85. The Hall–Kier alpha value is -3.09. The van der Waals surface area contributed by atoms with Crippen molar-refractivity contribution in [3.8, 4) is 11.5 Å². The van der Waals surface area contributed by atoms with Crippen molar-refractivity contribution in [2.45, 2.75) is 40.2 Å². The van der Waals surface area contributed by atoms with Crippen LogP contribution >= 0.6 is 0 Å². The molecule has 154 valence electrons. The number of fused-ring (bicyclic) bond motifs is 1. The average Bonchev–Trinajstić information content (AvgIpc) is 3.11. The molecule has 0 aliphatic heterocycles. The summed E-state index contributed by atoms with van der Waals surface area (Å²) in [7, 11) is 3.20. The number of rotatable bonds is 7. The fourth-order valence-corrected chi connectivity index (χ4v) is 3.28. The third-order valence-corrected chi connectivity index (χ3v) is 4.95. The van der Waals surface area contributed by atoms with Crippen LogP contribution in [0, 0.1) is 6.92 Å². The van der Waals surface area contributed by atoms with Crippen molar-refractivity contribution in [1.82, 2.24) is 15.0 Å². The van der Waals surface area contributed by atoms with Crippen molar-refractivity contribution >= 4 is 17.0 Å². The van der Waals surface area contributed by atoms with Gasteiger partial charge >= 0.3 is 0 Å². The lowest BCUT2D eigenvalue weighted by Crippen LogP contribution is -2.30. The zero-order valence-electron chi connectivity index (χ0n) is 17.8. The van der Waals surface area contributed by atoms with Crippen LogP contribution in [0.3, 0.4) is 0 Å². The predicted octanol–water partition coefficient (Wildman–Crippen LogP) is 4.33. The van der Waals surface area contributed by atoms with Gasteiger partial charge in [0.15, 0.2) is 11.5 Å². The van der Waals surface area contributed by atoms with E-state index in [0.717, 1.165) is 11.3 Å². The molecule has 3 aromatic rings. The highest BCUT2D eigenvalue weighted by atomic mass is 16.5. The van der Waals surface area contributed by atoms with Crippen LogP contribution < -0.4 is 9.47 Å². The number of methoxy groups -OCH3 is 2. The molecule has 0 aliphatic rings. The van der Waals surface area contributed by atoms with Gasteiger partial charge in [0.2, 0.25) is 0 Å². The van der Waals surface area contributed by atoms with E-state index in [1.807, 2.05) is 52.0 Å². The number of carbonyl (C=O) groups excluding carboxylic acids is 1. The SMILES string of the molecule is CCN(Cc1ccc(OC)c(OC)c1)C(=O)c1cc(C(C)C)nc2onc(C)c12. The zero-order chi connectivity index (χ0) is 21.1. The Labute approximate surface area is 170 Å². The maximum atomic E-state index is 13.5. The second-order valence-electron chi connectivity index (χ2n) is 7.21. The zero-order valence-corrected chi connectivity index (χ0v) is 17.8. The molecule has 1 aromatic carbocycles. The average molecular weight is 397 g/mol. The van der Waals surface area contributed by atoms with Crippen molar-refractivity contribution in [2.75, 3.05) is 20.8 Å². The number of amides is 1. The lowest BCUT2D eigenvalue weighted by molar-refractivity contribution is 0.0754. The Morgan fingerprint density at radius 1 is 1.17 bits per heavy atom. The summed E-state index contributed by atoms with van der Waals surface area (Å²) >= 11 is 0. The minimum absolute atomic E-state index is 0.0807. The molecule has 0 spiro atoms. The normalized spacial score (nSPS) is 11.1. The highest BCUT2D eigenvalue weighted by Gasteiger charge is 2.23. The minimum Gasteiger partial charge on any atom is -0.493 e. The minimum atomic E-state index is -0.0807. The summed E-state index contributed by atoms with van der Waals surface area (Å²) in [6, 6.07) is 7.53. The van der Waals surface area contributed by atoms with Crippen LogP contribution in [0.25, 0.3) is 11.1 Å². The summed E-state index contributed by atoms with van der Waals surface area (Å²) in [6.07, 6.45) is 0. The molecule has 0 fully saturated rings. The van der Waals surface area contributed by atoms with E-state index >= 15 is 0 Å². The van der Waals surface area contributed by atoms with Crippen molar-refractivity contribution in [1.29, 1.82) is 0 Å². The molecular formula is C22H27N3O4. The molecule has 1 amide bonds. The van der Waals surface area contributed by atoms with Gasteiger partial charge in [-0.05, 0) is 43.5 Å². The van der Waals surface area contributed by atoms with Crippen LogP contribution in [-0.2, 0) is 6.54 Å². The Bertz CT molecular complexity index is 1030. The molecule has 2 aromatic heterocycles. The molecule has 0 bridgehead atoms.